The summed E-state index contributed by atoms with van der Waals surface area (Å²) < 4.78 is 10.1. The minimum atomic E-state index is 0.323. The van der Waals surface area contributed by atoms with E-state index in [2.05, 4.69) is 5.32 Å². The molecule has 0 saturated heterocycles. The molecule has 0 fully saturated rings. The maximum atomic E-state index is 7.44. The van der Waals surface area contributed by atoms with E-state index in [1.807, 2.05) is 31.2 Å². The first-order chi connectivity index (χ1) is 7.76. The summed E-state index contributed by atoms with van der Waals surface area (Å²) in [5, 5.41) is 10.6. The maximum absolute atomic E-state index is 7.44. The van der Waals surface area contributed by atoms with Crippen molar-refractivity contribution in [3.8, 4) is 5.75 Å². The first-order valence-corrected chi connectivity index (χ1v) is 5.34. The third kappa shape index (κ3) is 4.21. The fourth-order valence-corrected chi connectivity index (χ4v) is 1.28. The van der Waals surface area contributed by atoms with Crippen molar-refractivity contribution >= 4 is 11.6 Å². The lowest BCUT2D eigenvalue weighted by Gasteiger charge is -2.08. The van der Waals surface area contributed by atoms with Gasteiger partial charge in [-0.3, -0.25) is 5.41 Å². The molecule has 1 aromatic carbocycles. The second-order valence-electron chi connectivity index (χ2n) is 3.26. The van der Waals surface area contributed by atoms with Crippen LogP contribution in [0.25, 0.3) is 0 Å². The Morgan fingerprint density at radius 3 is 2.56 bits per heavy atom. The van der Waals surface area contributed by atoms with Gasteiger partial charge >= 0.3 is 0 Å². The van der Waals surface area contributed by atoms with Crippen LogP contribution < -0.4 is 10.1 Å². The molecule has 88 valence electrons. The van der Waals surface area contributed by atoms with E-state index in [0.717, 1.165) is 11.4 Å². The number of methoxy groups -OCH3 is 1. The standard InChI is InChI=1S/C12H18N2O2/c1-3-16-12(13)8-9-14-10-4-6-11(15-2)7-5-10/h4-7,13-14H,3,8-9H2,1-2H3. The zero-order chi connectivity index (χ0) is 11.8. The molecule has 0 aliphatic carbocycles. The Morgan fingerprint density at radius 2 is 2.00 bits per heavy atom. The molecular formula is C12H18N2O2. The highest BCUT2D eigenvalue weighted by Gasteiger charge is 1.97. The molecule has 16 heavy (non-hydrogen) atoms. The zero-order valence-electron chi connectivity index (χ0n) is 9.75. The van der Waals surface area contributed by atoms with E-state index in [1.165, 1.54) is 0 Å². The van der Waals surface area contributed by atoms with Crippen LogP contribution in [0, 0.1) is 5.41 Å². The number of ether oxygens (including phenoxy) is 2. The Labute approximate surface area is 96.1 Å². The molecule has 0 heterocycles. The molecule has 1 aromatic rings. The topological polar surface area (TPSA) is 54.3 Å². The molecule has 2 N–H and O–H groups in total. The molecule has 0 aliphatic rings. The van der Waals surface area contributed by atoms with Crippen LogP contribution in [0.2, 0.25) is 0 Å². The number of benzene rings is 1. The molecule has 0 spiro atoms. The number of anilines is 1. The molecule has 0 amide bonds. The lowest BCUT2D eigenvalue weighted by atomic mass is 10.3. The van der Waals surface area contributed by atoms with Gasteiger partial charge in [-0.2, -0.15) is 0 Å². The van der Waals surface area contributed by atoms with E-state index in [4.69, 9.17) is 14.9 Å². The summed E-state index contributed by atoms with van der Waals surface area (Å²) in [7, 11) is 1.64. The van der Waals surface area contributed by atoms with Crippen molar-refractivity contribution in [2.45, 2.75) is 13.3 Å². The smallest absolute Gasteiger partial charge is 0.182 e. The molecular weight excluding hydrogens is 204 g/mol. The van der Waals surface area contributed by atoms with Gasteiger partial charge in [-0.05, 0) is 31.2 Å². The Morgan fingerprint density at radius 1 is 1.31 bits per heavy atom. The second-order valence-corrected chi connectivity index (χ2v) is 3.26. The van der Waals surface area contributed by atoms with E-state index in [9.17, 15) is 0 Å². The lowest BCUT2D eigenvalue weighted by molar-refractivity contribution is 0.315. The molecule has 0 bridgehead atoms. The molecule has 0 saturated carbocycles. The van der Waals surface area contributed by atoms with Gasteiger partial charge < -0.3 is 14.8 Å². The second kappa shape index (κ2) is 6.71. The van der Waals surface area contributed by atoms with Crippen LogP contribution >= 0.6 is 0 Å². The molecule has 1 rings (SSSR count). The van der Waals surface area contributed by atoms with Crippen LogP contribution in [0.1, 0.15) is 13.3 Å². The predicted molar refractivity (Wildman–Crippen MR) is 65.5 cm³/mol. The Bertz CT molecular complexity index is 322. The Kier molecular flexibility index (Phi) is 5.19. The molecule has 4 heteroatoms. The van der Waals surface area contributed by atoms with Gasteiger partial charge in [-0.1, -0.05) is 0 Å². The highest BCUT2D eigenvalue weighted by Crippen LogP contribution is 2.14. The average molecular weight is 222 g/mol. The number of hydrogen-bond acceptors (Lipinski definition) is 4. The van der Waals surface area contributed by atoms with Crippen molar-refractivity contribution in [2.75, 3.05) is 25.6 Å². The van der Waals surface area contributed by atoms with Gasteiger partial charge in [0.1, 0.15) is 5.75 Å². The lowest BCUT2D eigenvalue weighted by Crippen LogP contribution is -2.10. The van der Waals surface area contributed by atoms with E-state index in [1.54, 1.807) is 7.11 Å². The van der Waals surface area contributed by atoms with Crippen LogP contribution in [0.15, 0.2) is 24.3 Å². The molecule has 0 atom stereocenters. The minimum Gasteiger partial charge on any atom is -0.497 e. The van der Waals surface area contributed by atoms with Crippen molar-refractivity contribution in [3.63, 3.8) is 0 Å². The monoisotopic (exact) mass is 222 g/mol. The van der Waals surface area contributed by atoms with E-state index < -0.39 is 0 Å². The van der Waals surface area contributed by atoms with Gasteiger partial charge in [0, 0.05) is 18.7 Å². The van der Waals surface area contributed by atoms with Gasteiger partial charge in [0.05, 0.1) is 13.7 Å². The first-order valence-electron chi connectivity index (χ1n) is 5.34. The highest BCUT2D eigenvalue weighted by atomic mass is 16.5. The van der Waals surface area contributed by atoms with Crippen LogP contribution in [0.4, 0.5) is 5.69 Å². The third-order valence-corrected chi connectivity index (χ3v) is 2.09. The summed E-state index contributed by atoms with van der Waals surface area (Å²) in [6.07, 6.45) is 0.597. The molecule has 0 radical (unpaired) electrons. The van der Waals surface area contributed by atoms with Gasteiger partial charge in [-0.25, -0.2) is 0 Å². The third-order valence-electron chi connectivity index (χ3n) is 2.09. The molecule has 0 unspecified atom stereocenters. The van der Waals surface area contributed by atoms with Crippen LogP contribution in [0.5, 0.6) is 5.75 Å². The predicted octanol–water partition coefficient (Wildman–Crippen LogP) is 2.51. The molecule has 4 nitrogen and oxygen atoms in total. The van der Waals surface area contributed by atoms with Crippen molar-refractivity contribution in [1.82, 2.24) is 0 Å². The van der Waals surface area contributed by atoms with Crippen LogP contribution in [-0.4, -0.2) is 26.2 Å². The summed E-state index contributed by atoms with van der Waals surface area (Å²) in [6.45, 7) is 3.14. The molecule has 0 aliphatic heterocycles. The van der Waals surface area contributed by atoms with Crippen molar-refractivity contribution in [3.05, 3.63) is 24.3 Å². The first kappa shape index (κ1) is 12.4. The number of hydrogen-bond donors (Lipinski definition) is 2. The summed E-state index contributed by atoms with van der Waals surface area (Å²) in [4.78, 5) is 0. The highest BCUT2D eigenvalue weighted by molar-refractivity contribution is 5.73. The summed E-state index contributed by atoms with van der Waals surface area (Å²) in [5.41, 5.74) is 1.02. The van der Waals surface area contributed by atoms with Crippen molar-refractivity contribution in [1.29, 1.82) is 5.41 Å². The van der Waals surface area contributed by atoms with Gasteiger partial charge in [0.15, 0.2) is 5.90 Å². The number of rotatable bonds is 6. The van der Waals surface area contributed by atoms with E-state index in [0.29, 0.717) is 25.5 Å². The zero-order valence-corrected chi connectivity index (χ0v) is 9.75. The fourth-order valence-electron chi connectivity index (χ4n) is 1.28. The average Bonchev–Trinajstić information content (AvgIpc) is 2.30. The van der Waals surface area contributed by atoms with Gasteiger partial charge in [0.2, 0.25) is 0 Å². The summed E-state index contributed by atoms with van der Waals surface area (Å²) in [5.74, 6) is 1.16. The summed E-state index contributed by atoms with van der Waals surface area (Å²) >= 11 is 0. The minimum absolute atomic E-state index is 0.323. The van der Waals surface area contributed by atoms with E-state index >= 15 is 0 Å². The Balaban J connectivity index is 2.29. The SMILES string of the molecule is CCOC(=N)CCNc1ccc(OC)cc1. The van der Waals surface area contributed by atoms with Crippen LogP contribution in [-0.2, 0) is 4.74 Å². The summed E-state index contributed by atoms with van der Waals surface area (Å²) in [6, 6.07) is 7.69. The number of nitrogens with one attached hydrogen (secondary N) is 2. The van der Waals surface area contributed by atoms with Gasteiger partial charge in [0.25, 0.3) is 0 Å². The van der Waals surface area contributed by atoms with Gasteiger partial charge in [-0.15, -0.1) is 0 Å². The fraction of sp³-hybridized carbons (Fsp3) is 0.417. The maximum Gasteiger partial charge on any atom is 0.182 e. The van der Waals surface area contributed by atoms with Crippen molar-refractivity contribution in [2.24, 2.45) is 0 Å². The van der Waals surface area contributed by atoms with E-state index in [-0.39, 0.29) is 0 Å². The van der Waals surface area contributed by atoms with Crippen molar-refractivity contribution < 1.29 is 9.47 Å². The quantitative estimate of drug-likeness (QED) is 0.574. The Hall–Kier alpha value is -1.71. The largest absolute Gasteiger partial charge is 0.497 e. The molecule has 0 aromatic heterocycles. The normalized spacial score (nSPS) is 9.62. The van der Waals surface area contributed by atoms with Crippen LogP contribution in [0.3, 0.4) is 0 Å².